The molecule has 1 aromatic heterocycles. The molecule has 4 rings (SSSR count). The summed E-state index contributed by atoms with van der Waals surface area (Å²) in [7, 11) is 0. The highest BCUT2D eigenvalue weighted by Crippen LogP contribution is 2.27. The van der Waals surface area contributed by atoms with E-state index < -0.39 is 0 Å². The van der Waals surface area contributed by atoms with Gasteiger partial charge in [-0.1, -0.05) is 60.7 Å². The van der Waals surface area contributed by atoms with Gasteiger partial charge in [0.1, 0.15) is 0 Å². The third kappa shape index (κ3) is 4.39. The maximum absolute atomic E-state index is 12.7. The molecule has 0 aliphatic carbocycles. The van der Waals surface area contributed by atoms with Crippen LogP contribution < -0.4 is 10.9 Å². The van der Waals surface area contributed by atoms with Crippen LogP contribution in [-0.4, -0.2) is 22.4 Å². The largest absolute Gasteiger partial charge is 0.352 e. The molecule has 0 atom stereocenters. The van der Waals surface area contributed by atoms with Crippen LogP contribution in [0, 0.1) is 4.77 Å². The SMILES string of the molecule is O=C(NCCC(c1ccccc1)c1ccccc1)c1ccc2c(=O)[nH]c(=S)[nH]c2c1. The molecule has 3 N–H and O–H groups in total. The maximum atomic E-state index is 12.7. The average Bonchev–Trinajstić information content (AvgIpc) is 2.77. The minimum absolute atomic E-state index is 0.184. The standard InChI is InChI=1S/C24H21N3O2S/c28-22(18-11-12-20-21(15-18)26-24(30)27-23(20)29)25-14-13-19(16-7-3-1-4-8-16)17-9-5-2-6-10-17/h1-12,15,19H,13-14H2,(H,25,28)(H2,26,27,29,30). The van der Waals surface area contributed by atoms with Crippen LogP contribution in [-0.2, 0) is 0 Å². The second kappa shape index (κ2) is 8.88. The summed E-state index contributed by atoms with van der Waals surface area (Å²) in [6.45, 7) is 0.525. The van der Waals surface area contributed by atoms with Gasteiger partial charge < -0.3 is 10.3 Å². The van der Waals surface area contributed by atoms with Gasteiger partial charge in [-0.15, -0.1) is 0 Å². The van der Waals surface area contributed by atoms with Crippen molar-refractivity contribution in [1.82, 2.24) is 15.3 Å². The first kappa shape index (κ1) is 19.8. The summed E-state index contributed by atoms with van der Waals surface area (Å²) in [5.41, 5.74) is 3.19. The van der Waals surface area contributed by atoms with E-state index in [2.05, 4.69) is 39.6 Å². The Bertz CT molecular complexity index is 1240. The topological polar surface area (TPSA) is 77.8 Å². The lowest BCUT2D eigenvalue weighted by atomic mass is 9.88. The number of hydrogen-bond donors (Lipinski definition) is 3. The first-order valence-electron chi connectivity index (χ1n) is 9.76. The molecule has 3 aromatic carbocycles. The number of rotatable bonds is 6. The highest BCUT2D eigenvalue weighted by molar-refractivity contribution is 7.71. The van der Waals surface area contributed by atoms with Gasteiger partial charge >= 0.3 is 0 Å². The molecular weight excluding hydrogens is 394 g/mol. The second-order valence-corrected chi connectivity index (χ2v) is 7.50. The number of aromatic amines is 2. The van der Waals surface area contributed by atoms with Gasteiger partial charge in [0.25, 0.3) is 11.5 Å². The molecule has 0 unspecified atom stereocenters. The molecule has 5 nitrogen and oxygen atoms in total. The first-order valence-corrected chi connectivity index (χ1v) is 10.2. The fourth-order valence-electron chi connectivity index (χ4n) is 3.64. The fraction of sp³-hybridized carbons (Fsp3) is 0.125. The van der Waals surface area contributed by atoms with Crippen LogP contribution >= 0.6 is 12.2 Å². The number of nitrogens with one attached hydrogen (secondary N) is 3. The molecular formula is C24H21N3O2S. The Balaban J connectivity index is 1.49. The lowest BCUT2D eigenvalue weighted by Gasteiger charge is -2.18. The van der Waals surface area contributed by atoms with Crippen LogP contribution in [0.4, 0.5) is 0 Å². The molecule has 30 heavy (non-hydrogen) atoms. The number of benzene rings is 3. The molecule has 0 aliphatic rings. The summed E-state index contributed by atoms with van der Waals surface area (Å²) < 4.78 is 0.235. The number of carbonyl (C=O) groups is 1. The molecule has 0 saturated carbocycles. The molecule has 1 amide bonds. The summed E-state index contributed by atoms with van der Waals surface area (Å²) in [6.07, 6.45) is 0.773. The summed E-state index contributed by atoms with van der Waals surface area (Å²) in [5, 5.41) is 3.46. The van der Waals surface area contributed by atoms with Crippen molar-refractivity contribution in [2.24, 2.45) is 0 Å². The van der Waals surface area contributed by atoms with E-state index in [1.807, 2.05) is 36.4 Å². The van der Waals surface area contributed by atoms with Gasteiger partial charge in [-0.3, -0.25) is 14.6 Å². The second-order valence-electron chi connectivity index (χ2n) is 7.09. The third-order valence-electron chi connectivity index (χ3n) is 5.12. The van der Waals surface area contributed by atoms with Gasteiger partial charge in [0.15, 0.2) is 4.77 Å². The van der Waals surface area contributed by atoms with Gasteiger partial charge in [-0.2, -0.15) is 0 Å². The van der Waals surface area contributed by atoms with Crippen molar-refractivity contribution in [2.75, 3.05) is 6.54 Å². The van der Waals surface area contributed by atoms with Crippen LogP contribution in [0.3, 0.4) is 0 Å². The van der Waals surface area contributed by atoms with Crippen LogP contribution in [0.25, 0.3) is 10.9 Å². The van der Waals surface area contributed by atoms with Gasteiger partial charge in [0, 0.05) is 18.0 Å². The van der Waals surface area contributed by atoms with E-state index in [0.717, 1.165) is 6.42 Å². The average molecular weight is 416 g/mol. The molecule has 0 radical (unpaired) electrons. The summed E-state index contributed by atoms with van der Waals surface area (Å²) in [6, 6.07) is 25.5. The van der Waals surface area contributed by atoms with E-state index in [1.165, 1.54) is 11.1 Å². The normalized spacial score (nSPS) is 11.0. The molecule has 6 heteroatoms. The number of fused-ring (bicyclic) bond motifs is 1. The zero-order valence-corrected chi connectivity index (χ0v) is 17.0. The lowest BCUT2D eigenvalue weighted by Crippen LogP contribution is -2.26. The summed E-state index contributed by atoms with van der Waals surface area (Å²) in [4.78, 5) is 30.1. The van der Waals surface area contributed by atoms with Gasteiger partial charge in [-0.25, -0.2) is 0 Å². The zero-order valence-electron chi connectivity index (χ0n) is 16.2. The quantitative estimate of drug-likeness (QED) is 0.405. The number of carbonyl (C=O) groups excluding carboxylic acids is 1. The molecule has 0 spiro atoms. The molecule has 1 heterocycles. The molecule has 4 aromatic rings. The predicted molar refractivity (Wildman–Crippen MR) is 121 cm³/mol. The first-order chi connectivity index (χ1) is 14.6. The summed E-state index contributed by atoms with van der Waals surface area (Å²) in [5.74, 6) is 0.00958. The van der Waals surface area contributed by atoms with Gasteiger partial charge in [-0.05, 0) is 48.0 Å². The van der Waals surface area contributed by atoms with Crippen LogP contribution in [0.1, 0.15) is 33.8 Å². The minimum Gasteiger partial charge on any atom is -0.352 e. The van der Waals surface area contributed by atoms with E-state index in [9.17, 15) is 9.59 Å². The van der Waals surface area contributed by atoms with E-state index >= 15 is 0 Å². The molecule has 0 fully saturated rings. The van der Waals surface area contributed by atoms with Crippen LogP contribution in [0.15, 0.2) is 83.7 Å². The molecule has 0 bridgehead atoms. The fourth-order valence-corrected chi connectivity index (χ4v) is 3.84. The number of aromatic nitrogens is 2. The van der Waals surface area contributed by atoms with Crippen molar-refractivity contribution in [3.63, 3.8) is 0 Å². The number of H-pyrrole nitrogens is 2. The smallest absolute Gasteiger partial charge is 0.259 e. The Morgan fingerprint density at radius 1 is 0.900 bits per heavy atom. The van der Waals surface area contributed by atoms with Crippen molar-refractivity contribution >= 4 is 29.0 Å². The lowest BCUT2D eigenvalue weighted by molar-refractivity contribution is 0.0953. The molecule has 0 aliphatic heterocycles. The maximum Gasteiger partial charge on any atom is 0.259 e. The Labute approximate surface area is 178 Å². The number of amides is 1. The molecule has 150 valence electrons. The Morgan fingerprint density at radius 2 is 1.53 bits per heavy atom. The van der Waals surface area contributed by atoms with Crippen molar-refractivity contribution in [3.05, 3.63) is 111 Å². The van der Waals surface area contributed by atoms with E-state index in [4.69, 9.17) is 12.2 Å². The Morgan fingerprint density at radius 3 is 2.17 bits per heavy atom. The van der Waals surface area contributed by atoms with Crippen molar-refractivity contribution < 1.29 is 4.79 Å². The van der Waals surface area contributed by atoms with Crippen molar-refractivity contribution in [2.45, 2.75) is 12.3 Å². The highest BCUT2D eigenvalue weighted by atomic mass is 32.1. The van der Waals surface area contributed by atoms with Gasteiger partial charge in [0.05, 0.1) is 10.9 Å². The van der Waals surface area contributed by atoms with Crippen LogP contribution in [0.2, 0.25) is 0 Å². The van der Waals surface area contributed by atoms with E-state index in [1.54, 1.807) is 18.2 Å². The van der Waals surface area contributed by atoms with E-state index in [-0.39, 0.29) is 22.2 Å². The van der Waals surface area contributed by atoms with E-state index in [0.29, 0.717) is 23.0 Å². The zero-order chi connectivity index (χ0) is 20.9. The Kier molecular flexibility index (Phi) is 5.86. The monoisotopic (exact) mass is 415 g/mol. The number of hydrogen-bond acceptors (Lipinski definition) is 3. The highest BCUT2D eigenvalue weighted by Gasteiger charge is 2.15. The van der Waals surface area contributed by atoms with Crippen LogP contribution in [0.5, 0.6) is 0 Å². The third-order valence-corrected chi connectivity index (χ3v) is 5.33. The van der Waals surface area contributed by atoms with Gasteiger partial charge in [0.2, 0.25) is 0 Å². The molecule has 0 saturated heterocycles. The van der Waals surface area contributed by atoms with Crippen molar-refractivity contribution in [3.8, 4) is 0 Å². The minimum atomic E-state index is -0.269. The summed E-state index contributed by atoms with van der Waals surface area (Å²) >= 11 is 5.02. The predicted octanol–water partition coefficient (Wildman–Crippen LogP) is 4.54. The Hall–Kier alpha value is -3.51. The van der Waals surface area contributed by atoms with Crippen molar-refractivity contribution in [1.29, 1.82) is 0 Å².